The zero-order chi connectivity index (χ0) is 16.5. The molecule has 122 valence electrons. The van der Waals surface area contributed by atoms with Crippen molar-refractivity contribution in [2.24, 2.45) is 0 Å². The number of hydrogen-bond donors (Lipinski definition) is 1. The molecule has 4 heteroatoms. The van der Waals surface area contributed by atoms with Crippen LogP contribution in [0.5, 0.6) is 5.75 Å². The molecule has 0 aliphatic heterocycles. The number of esters is 1. The van der Waals surface area contributed by atoms with E-state index >= 15 is 0 Å². The van der Waals surface area contributed by atoms with E-state index in [2.05, 4.69) is 0 Å². The van der Waals surface area contributed by atoms with E-state index in [1.165, 1.54) is 0 Å². The summed E-state index contributed by atoms with van der Waals surface area (Å²) in [5.41, 5.74) is 1.95. The lowest BCUT2D eigenvalue weighted by molar-refractivity contribution is -0.151. The molecule has 0 aliphatic rings. The van der Waals surface area contributed by atoms with Crippen molar-refractivity contribution in [1.82, 2.24) is 0 Å². The minimum atomic E-state index is -0.643. The van der Waals surface area contributed by atoms with Crippen LogP contribution >= 0.6 is 0 Å². The first kappa shape index (κ1) is 17.0. The fourth-order valence-corrected chi connectivity index (χ4v) is 2.24. The number of carbonyl (C=O) groups is 1. The Morgan fingerprint density at radius 1 is 1.04 bits per heavy atom. The van der Waals surface area contributed by atoms with Crippen LogP contribution in [-0.4, -0.2) is 23.8 Å². The molecule has 2 aromatic carbocycles. The highest BCUT2D eigenvalue weighted by Gasteiger charge is 2.21. The van der Waals surface area contributed by atoms with Crippen LogP contribution in [0.1, 0.15) is 24.5 Å². The molecule has 0 amide bonds. The summed E-state index contributed by atoms with van der Waals surface area (Å²) in [6.45, 7) is 2.09. The number of hydrogen-bond acceptors (Lipinski definition) is 4. The first-order chi connectivity index (χ1) is 11.2. The molecule has 0 aromatic heterocycles. The van der Waals surface area contributed by atoms with Gasteiger partial charge in [-0.2, -0.15) is 0 Å². The molecule has 1 N–H and O–H groups in total. The molecule has 2 rings (SSSR count). The van der Waals surface area contributed by atoms with Crippen molar-refractivity contribution >= 4 is 5.97 Å². The minimum absolute atomic E-state index is 0.0183. The van der Waals surface area contributed by atoms with Crippen molar-refractivity contribution in [1.29, 1.82) is 0 Å². The number of aryl methyl sites for hydroxylation is 1. The van der Waals surface area contributed by atoms with Crippen LogP contribution in [0.15, 0.2) is 54.6 Å². The summed E-state index contributed by atoms with van der Waals surface area (Å²) in [6, 6.07) is 17.0. The van der Waals surface area contributed by atoms with Crippen molar-refractivity contribution in [3.8, 4) is 5.75 Å². The predicted molar refractivity (Wildman–Crippen MR) is 88.2 cm³/mol. The summed E-state index contributed by atoms with van der Waals surface area (Å²) in [5, 5.41) is 9.06. The van der Waals surface area contributed by atoms with Crippen molar-refractivity contribution in [3.05, 3.63) is 65.7 Å². The fraction of sp³-hybridized carbons (Fsp3) is 0.316. The molecule has 0 aliphatic carbocycles. The number of aliphatic hydroxyl groups excluding tert-OH is 1. The van der Waals surface area contributed by atoms with Gasteiger partial charge in [0.15, 0.2) is 6.10 Å². The number of aliphatic hydroxyl groups is 1. The fourth-order valence-electron chi connectivity index (χ4n) is 2.24. The second-order valence-electron chi connectivity index (χ2n) is 5.18. The van der Waals surface area contributed by atoms with Crippen molar-refractivity contribution in [2.75, 3.05) is 6.61 Å². The first-order valence-electron chi connectivity index (χ1n) is 7.80. The Balaban J connectivity index is 2.02. The summed E-state index contributed by atoms with van der Waals surface area (Å²) in [5.74, 6) is 0.239. The zero-order valence-corrected chi connectivity index (χ0v) is 13.3. The third-order valence-electron chi connectivity index (χ3n) is 3.47. The average molecular weight is 314 g/mol. The third-order valence-corrected chi connectivity index (χ3v) is 3.47. The largest absolute Gasteiger partial charge is 0.479 e. The third kappa shape index (κ3) is 5.42. The van der Waals surface area contributed by atoms with Crippen LogP contribution in [-0.2, 0) is 22.6 Å². The molecular weight excluding hydrogens is 292 g/mol. The minimum Gasteiger partial charge on any atom is -0.479 e. The SMILES string of the molecule is CCOC(=O)C(CCc1ccccc1)Oc1ccc(CO)cc1. The van der Waals surface area contributed by atoms with Crippen LogP contribution in [0, 0.1) is 0 Å². The maximum absolute atomic E-state index is 12.1. The van der Waals surface area contributed by atoms with Gasteiger partial charge in [-0.05, 0) is 43.0 Å². The summed E-state index contributed by atoms with van der Waals surface area (Å²) in [7, 11) is 0. The molecule has 0 fully saturated rings. The number of rotatable bonds is 8. The Morgan fingerprint density at radius 3 is 2.35 bits per heavy atom. The van der Waals surface area contributed by atoms with Crippen LogP contribution in [0.25, 0.3) is 0 Å². The molecule has 0 heterocycles. The number of carbonyl (C=O) groups excluding carboxylic acids is 1. The normalized spacial score (nSPS) is 11.7. The Hall–Kier alpha value is -2.33. The molecule has 23 heavy (non-hydrogen) atoms. The molecule has 0 spiro atoms. The van der Waals surface area contributed by atoms with E-state index in [0.29, 0.717) is 18.8 Å². The Morgan fingerprint density at radius 2 is 1.74 bits per heavy atom. The standard InChI is InChI=1S/C19H22O4/c1-2-22-19(21)18(13-10-15-6-4-3-5-7-15)23-17-11-8-16(14-20)9-12-17/h3-9,11-12,18,20H,2,10,13-14H2,1H3. The monoisotopic (exact) mass is 314 g/mol. The van der Waals surface area contributed by atoms with Gasteiger partial charge in [0.25, 0.3) is 0 Å². The molecule has 0 bridgehead atoms. The number of ether oxygens (including phenoxy) is 2. The lowest BCUT2D eigenvalue weighted by Gasteiger charge is -2.18. The van der Waals surface area contributed by atoms with E-state index in [-0.39, 0.29) is 12.6 Å². The summed E-state index contributed by atoms with van der Waals surface area (Å²) < 4.78 is 10.9. The average Bonchev–Trinajstić information content (AvgIpc) is 2.60. The lowest BCUT2D eigenvalue weighted by Crippen LogP contribution is -2.30. The quantitative estimate of drug-likeness (QED) is 0.761. The van der Waals surface area contributed by atoms with Gasteiger partial charge in [-0.15, -0.1) is 0 Å². The van der Waals surface area contributed by atoms with Crippen molar-refractivity contribution in [3.63, 3.8) is 0 Å². The highest BCUT2D eigenvalue weighted by atomic mass is 16.6. The Kier molecular flexibility index (Phi) is 6.63. The highest BCUT2D eigenvalue weighted by Crippen LogP contribution is 2.17. The molecule has 0 saturated carbocycles. The van der Waals surface area contributed by atoms with E-state index in [1.54, 1.807) is 31.2 Å². The van der Waals surface area contributed by atoms with E-state index < -0.39 is 6.10 Å². The smallest absolute Gasteiger partial charge is 0.347 e. The van der Waals surface area contributed by atoms with E-state index in [0.717, 1.165) is 17.5 Å². The topological polar surface area (TPSA) is 55.8 Å². The van der Waals surface area contributed by atoms with Gasteiger partial charge in [0.2, 0.25) is 0 Å². The molecule has 0 saturated heterocycles. The van der Waals surface area contributed by atoms with Crippen LogP contribution in [0.2, 0.25) is 0 Å². The van der Waals surface area contributed by atoms with Crippen molar-refractivity contribution < 1.29 is 19.4 Å². The van der Waals surface area contributed by atoms with Gasteiger partial charge in [-0.25, -0.2) is 4.79 Å². The predicted octanol–water partition coefficient (Wildman–Crippen LogP) is 3.12. The highest BCUT2D eigenvalue weighted by molar-refractivity contribution is 5.75. The van der Waals surface area contributed by atoms with E-state index in [9.17, 15) is 4.79 Å². The first-order valence-corrected chi connectivity index (χ1v) is 7.80. The van der Waals surface area contributed by atoms with Gasteiger partial charge in [0.05, 0.1) is 13.2 Å². The molecular formula is C19H22O4. The van der Waals surface area contributed by atoms with Crippen LogP contribution in [0.3, 0.4) is 0 Å². The Bertz CT molecular complexity index is 593. The Labute approximate surface area is 136 Å². The van der Waals surface area contributed by atoms with Gasteiger partial charge in [0, 0.05) is 0 Å². The second kappa shape index (κ2) is 8.96. The maximum Gasteiger partial charge on any atom is 0.347 e. The molecule has 0 radical (unpaired) electrons. The van der Waals surface area contributed by atoms with Crippen LogP contribution in [0.4, 0.5) is 0 Å². The van der Waals surface area contributed by atoms with E-state index in [4.69, 9.17) is 14.6 Å². The summed E-state index contributed by atoms with van der Waals surface area (Å²) in [6.07, 6.45) is 0.638. The van der Waals surface area contributed by atoms with Crippen LogP contribution < -0.4 is 4.74 Å². The van der Waals surface area contributed by atoms with Gasteiger partial charge in [-0.1, -0.05) is 42.5 Å². The second-order valence-corrected chi connectivity index (χ2v) is 5.18. The molecule has 1 atom stereocenters. The maximum atomic E-state index is 12.1. The lowest BCUT2D eigenvalue weighted by atomic mass is 10.1. The summed E-state index contributed by atoms with van der Waals surface area (Å²) in [4.78, 5) is 12.1. The molecule has 2 aromatic rings. The van der Waals surface area contributed by atoms with Crippen molar-refractivity contribution in [2.45, 2.75) is 32.5 Å². The van der Waals surface area contributed by atoms with Gasteiger partial charge in [0.1, 0.15) is 5.75 Å². The van der Waals surface area contributed by atoms with Gasteiger partial charge < -0.3 is 14.6 Å². The van der Waals surface area contributed by atoms with E-state index in [1.807, 2.05) is 30.3 Å². The molecule has 1 unspecified atom stereocenters. The number of benzene rings is 2. The van der Waals surface area contributed by atoms with Gasteiger partial charge >= 0.3 is 5.97 Å². The molecule has 4 nitrogen and oxygen atoms in total. The van der Waals surface area contributed by atoms with Gasteiger partial charge in [-0.3, -0.25) is 0 Å². The zero-order valence-electron chi connectivity index (χ0n) is 13.3. The summed E-state index contributed by atoms with van der Waals surface area (Å²) >= 11 is 0.